The van der Waals surface area contributed by atoms with Gasteiger partial charge >= 0.3 is 12.5 Å². The van der Waals surface area contributed by atoms with E-state index in [-0.39, 0.29) is 18.8 Å². The van der Waals surface area contributed by atoms with E-state index >= 15 is 0 Å². The first kappa shape index (κ1) is 23.5. The summed E-state index contributed by atoms with van der Waals surface area (Å²) < 4.78 is 55.1. The second kappa shape index (κ2) is 10.7. The highest BCUT2D eigenvalue weighted by Gasteiger charge is 2.44. The number of nitrogens with zero attached hydrogens (tertiary/aromatic N) is 2. The molecule has 0 fully saturated rings. The van der Waals surface area contributed by atoms with Gasteiger partial charge in [0.2, 0.25) is 0 Å². The van der Waals surface area contributed by atoms with E-state index in [2.05, 4.69) is 9.89 Å². The number of halogens is 4. The number of oxime groups is 1. The number of hydrazine groups is 1. The van der Waals surface area contributed by atoms with Gasteiger partial charge < -0.3 is 14.6 Å². The first-order chi connectivity index (χ1) is 13.1. The first-order valence-electron chi connectivity index (χ1n) is 8.57. The lowest BCUT2D eigenvalue weighted by Gasteiger charge is -2.19. The zero-order chi connectivity index (χ0) is 21.3. The van der Waals surface area contributed by atoms with Crippen molar-refractivity contribution in [3.8, 4) is 0 Å². The fourth-order valence-corrected chi connectivity index (χ4v) is 2.22. The molecule has 0 heterocycles. The number of alkyl halides is 4. The highest BCUT2D eigenvalue weighted by atomic mass is 19.3. The van der Waals surface area contributed by atoms with Crippen molar-refractivity contribution in [2.75, 3.05) is 12.1 Å². The molecule has 0 spiro atoms. The average molecular weight is 403 g/mol. The molecule has 0 aliphatic carbocycles. The van der Waals surface area contributed by atoms with Crippen LogP contribution in [0, 0.1) is 0 Å². The van der Waals surface area contributed by atoms with Crippen molar-refractivity contribution >= 4 is 11.4 Å². The fourth-order valence-electron chi connectivity index (χ4n) is 2.22. The van der Waals surface area contributed by atoms with Crippen LogP contribution in [0.1, 0.15) is 32.8 Å². The van der Waals surface area contributed by atoms with Crippen molar-refractivity contribution in [2.45, 2.75) is 46.3 Å². The maximum atomic E-state index is 13.1. The van der Waals surface area contributed by atoms with Crippen LogP contribution < -0.4 is 10.9 Å². The molecule has 0 bridgehead atoms. The maximum absolute atomic E-state index is 13.1. The molecule has 5 nitrogen and oxygen atoms in total. The van der Waals surface area contributed by atoms with Crippen LogP contribution in [-0.2, 0) is 16.2 Å². The molecule has 0 unspecified atom stereocenters. The van der Waals surface area contributed by atoms with Crippen molar-refractivity contribution in [3.05, 3.63) is 53.3 Å². The van der Waals surface area contributed by atoms with Gasteiger partial charge in [0.1, 0.15) is 12.4 Å². The third kappa shape index (κ3) is 6.88. The summed E-state index contributed by atoms with van der Waals surface area (Å²) in [6.45, 7) is 4.91. The predicted octanol–water partition coefficient (Wildman–Crippen LogP) is 5.00. The standard InChI is InChI=1S/C19H25F4N3O2/c1-5-14(11-16(6-2)28-19(22,23)18(20)21)13(3)25-27-12-15-9-7-8-10-17(15)26(4)24/h5,7-11,18H,6,12,24H2,1-4H3/b14-5+,16-11+,25-13-. The smallest absolute Gasteiger partial charge is 0.433 e. The van der Waals surface area contributed by atoms with Gasteiger partial charge in [-0.25, -0.2) is 5.84 Å². The maximum Gasteiger partial charge on any atom is 0.460 e. The molecule has 1 aromatic rings. The van der Waals surface area contributed by atoms with Crippen LogP contribution in [0.25, 0.3) is 0 Å². The van der Waals surface area contributed by atoms with E-state index in [1.807, 2.05) is 24.3 Å². The van der Waals surface area contributed by atoms with Crippen LogP contribution in [0.4, 0.5) is 23.2 Å². The van der Waals surface area contributed by atoms with Crippen molar-refractivity contribution < 1.29 is 27.1 Å². The van der Waals surface area contributed by atoms with Gasteiger partial charge in [0.25, 0.3) is 0 Å². The van der Waals surface area contributed by atoms with Gasteiger partial charge in [0.05, 0.1) is 11.4 Å². The Morgan fingerprint density at radius 2 is 1.96 bits per heavy atom. The lowest BCUT2D eigenvalue weighted by Crippen LogP contribution is -2.29. The molecule has 0 aliphatic heterocycles. The zero-order valence-corrected chi connectivity index (χ0v) is 16.3. The number of anilines is 1. The van der Waals surface area contributed by atoms with Gasteiger partial charge in [-0.15, -0.1) is 0 Å². The molecule has 2 N–H and O–H groups in total. The van der Waals surface area contributed by atoms with Gasteiger partial charge in [-0.2, -0.15) is 17.6 Å². The van der Waals surface area contributed by atoms with E-state index in [0.29, 0.717) is 11.3 Å². The molecule has 0 aliphatic rings. The number of nitrogens with two attached hydrogens (primary N) is 1. The number of ether oxygens (including phenoxy) is 1. The van der Waals surface area contributed by atoms with E-state index in [0.717, 1.165) is 11.3 Å². The molecule has 0 saturated heterocycles. The summed E-state index contributed by atoms with van der Waals surface area (Å²) >= 11 is 0. The Labute approximate surface area is 162 Å². The highest BCUT2D eigenvalue weighted by Crippen LogP contribution is 2.28. The summed E-state index contributed by atoms with van der Waals surface area (Å²) in [6.07, 6.45) is -5.65. The van der Waals surface area contributed by atoms with Crippen LogP contribution in [0.15, 0.2) is 52.9 Å². The third-order valence-electron chi connectivity index (χ3n) is 3.71. The summed E-state index contributed by atoms with van der Waals surface area (Å²) in [6, 6.07) is 7.32. The molecule has 0 aromatic heterocycles. The number of hydrogen-bond donors (Lipinski definition) is 1. The largest absolute Gasteiger partial charge is 0.460 e. The second-order valence-electron chi connectivity index (χ2n) is 5.86. The number of allylic oxidation sites excluding steroid dienone is 4. The number of para-hydroxylation sites is 1. The van der Waals surface area contributed by atoms with E-state index < -0.39 is 12.5 Å². The normalized spacial score (nSPS) is 13.7. The van der Waals surface area contributed by atoms with Gasteiger partial charge in [0, 0.05) is 19.0 Å². The van der Waals surface area contributed by atoms with Gasteiger partial charge in [-0.1, -0.05) is 36.4 Å². The Kier molecular flexibility index (Phi) is 8.98. The topological polar surface area (TPSA) is 60.1 Å². The van der Waals surface area contributed by atoms with Crippen molar-refractivity contribution in [2.24, 2.45) is 11.0 Å². The first-order valence-corrected chi connectivity index (χ1v) is 8.57. The minimum Gasteiger partial charge on any atom is -0.433 e. The molecule has 156 valence electrons. The Bertz CT molecular complexity index is 732. The van der Waals surface area contributed by atoms with Gasteiger partial charge in [-0.05, 0) is 31.6 Å². The van der Waals surface area contributed by atoms with Crippen LogP contribution >= 0.6 is 0 Å². The fraction of sp³-hybridized carbons (Fsp3) is 0.421. The van der Waals surface area contributed by atoms with Gasteiger partial charge in [0.15, 0.2) is 0 Å². The van der Waals surface area contributed by atoms with Crippen LogP contribution in [0.5, 0.6) is 0 Å². The van der Waals surface area contributed by atoms with E-state index in [4.69, 9.17) is 10.7 Å². The van der Waals surface area contributed by atoms with Crippen LogP contribution in [-0.4, -0.2) is 25.3 Å². The minimum absolute atomic E-state index is 0.00397. The molecule has 9 heteroatoms. The summed E-state index contributed by atoms with van der Waals surface area (Å²) in [4.78, 5) is 5.34. The van der Waals surface area contributed by atoms with Crippen molar-refractivity contribution in [1.82, 2.24) is 0 Å². The molecular weight excluding hydrogens is 378 g/mol. The van der Waals surface area contributed by atoms with E-state index in [1.165, 1.54) is 18.0 Å². The van der Waals surface area contributed by atoms with Crippen LogP contribution in [0.3, 0.4) is 0 Å². The Balaban J connectivity index is 2.89. The molecule has 0 saturated carbocycles. The quantitative estimate of drug-likeness (QED) is 0.149. The Morgan fingerprint density at radius 3 is 2.50 bits per heavy atom. The lowest BCUT2D eigenvalue weighted by atomic mass is 10.1. The molecule has 0 amide bonds. The Hall–Kier alpha value is -2.55. The summed E-state index contributed by atoms with van der Waals surface area (Å²) in [5.41, 5.74) is 2.34. The Morgan fingerprint density at radius 1 is 1.32 bits per heavy atom. The van der Waals surface area contributed by atoms with Crippen molar-refractivity contribution in [1.29, 1.82) is 0 Å². The SMILES string of the molecule is C/C=C(\C=C(/CC)OC(F)(F)C(F)F)C(/C)=N\OCc1ccccc1N(C)N. The van der Waals surface area contributed by atoms with Gasteiger partial charge in [-0.3, -0.25) is 0 Å². The second-order valence-corrected chi connectivity index (χ2v) is 5.86. The van der Waals surface area contributed by atoms with E-state index in [1.54, 1.807) is 27.0 Å². The molecule has 1 rings (SSSR count). The van der Waals surface area contributed by atoms with Crippen molar-refractivity contribution in [3.63, 3.8) is 0 Å². The predicted molar refractivity (Wildman–Crippen MR) is 101 cm³/mol. The summed E-state index contributed by atoms with van der Waals surface area (Å²) in [7, 11) is 1.69. The average Bonchev–Trinajstić information content (AvgIpc) is 2.64. The third-order valence-corrected chi connectivity index (χ3v) is 3.71. The lowest BCUT2D eigenvalue weighted by molar-refractivity contribution is -0.282. The number of rotatable bonds is 10. The molecule has 0 radical (unpaired) electrons. The van der Waals surface area contributed by atoms with E-state index in [9.17, 15) is 17.6 Å². The zero-order valence-electron chi connectivity index (χ0n) is 16.3. The molecule has 1 aromatic carbocycles. The molecule has 0 atom stereocenters. The summed E-state index contributed by atoms with van der Waals surface area (Å²) in [5.74, 6) is 5.47. The highest BCUT2D eigenvalue weighted by molar-refractivity contribution is 6.00. The molecular formula is C19H25F4N3O2. The monoisotopic (exact) mass is 403 g/mol. The molecule has 28 heavy (non-hydrogen) atoms. The summed E-state index contributed by atoms with van der Waals surface area (Å²) in [5, 5.41) is 5.41. The number of hydrogen-bond acceptors (Lipinski definition) is 5. The minimum atomic E-state index is -4.56. The van der Waals surface area contributed by atoms with Crippen LogP contribution in [0.2, 0.25) is 0 Å². The number of benzene rings is 1.